The topological polar surface area (TPSA) is 103 Å². The molecule has 0 atom stereocenters. The zero-order chi connectivity index (χ0) is 18.6. The summed E-state index contributed by atoms with van der Waals surface area (Å²) in [6.45, 7) is 0.458. The summed E-state index contributed by atoms with van der Waals surface area (Å²) >= 11 is 0. The van der Waals surface area contributed by atoms with E-state index in [-0.39, 0.29) is 24.6 Å². The second-order valence-corrected chi connectivity index (χ2v) is 6.36. The minimum atomic E-state index is -0.148. The van der Waals surface area contributed by atoms with Crippen molar-refractivity contribution in [3.8, 4) is 11.8 Å². The van der Waals surface area contributed by atoms with Crippen molar-refractivity contribution in [2.45, 2.75) is 51.0 Å². The monoisotopic (exact) mass is 358 g/mol. The van der Waals surface area contributed by atoms with E-state index in [0.717, 1.165) is 12.8 Å². The number of nitrogens with zero attached hydrogens (tertiary/aromatic N) is 1. The van der Waals surface area contributed by atoms with E-state index in [1.54, 1.807) is 24.3 Å². The van der Waals surface area contributed by atoms with Crippen LogP contribution in [0.4, 0.5) is 10.5 Å². The van der Waals surface area contributed by atoms with Crippen LogP contribution in [0.1, 0.15) is 44.9 Å². The molecule has 3 amide bonds. The van der Waals surface area contributed by atoms with Gasteiger partial charge in [0.05, 0.1) is 0 Å². The lowest BCUT2D eigenvalue weighted by Gasteiger charge is -2.22. The zero-order valence-electron chi connectivity index (χ0n) is 14.9. The number of hydrogen-bond acceptors (Lipinski definition) is 4. The summed E-state index contributed by atoms with van der Waals surface area (Å²) in [5, 5.41) is 17.0. The normalized spacial score (nSPS) is 14.1. The summed E-state index contributed by atoms with van der Waals surface area (Å²) in [4.78, 5) is 23.7. The number of carbonyl (C=O) groups excluding carboxylic acids is 2. The average Bonchev–Trinajstić information content (AvgIpc) is 2.65. The number of anilines is 1. The van der Waals surface area contributed by atoms with Gasteiger partial charge in [-0.2, -0.15) is 5.26 Å². The molecule has 1 aromatic rings. The Morgan fingerprint density at radius 1 is 1.15 bits per heavy atom. The molecule has 0 saturated heterocycles. The molecule has 1 aromatic carbocycles. The number of hydrogen-bond donors (Lipinski definition) is 3. The molecule has 7 heteroatoms. The van der Waals surface area contributed by atoms with Crippen LogP contribution in [0.5, 0.6) is 5.75 Å². The van der Waals surface area contributed by atoms with Crippen molar-refractivity contribution >= 4 is 17.6 Å². The summed E-state index contributed by atoms with van der Waals surface area (Å²) in [6.07, 6.45) is 6.62. The van der Waals surface area contributed by atoms with Crippen molar-refractivity contribution in [1.29, 1.82) is 5.26 Å². The van der Waals surface area contributed by atoms with E-state index in [9.17, 15) is 9.59 Å². The maximum atomic E-state index is 11.9. The van der Waals surface area contributed by atoms with Gasteiger partial charge < -0.3 is 20.7 Å². The Morgan fingerprint density at radius 3 is 2.58 bits per heavy atom. The van der Waals surface area contributed by atoms with E-state index in [2.05, 4.69) is 16.0 Å². The quantitative estimate of drug-likeness (QED) is 0.622. The molecule has 1 fully saturated rings. The maximum absolute atomic E-state index is 11.9. The van der Waals surface area contributed by atoms with Crippen LogP contribution in [0.2, 0.25) is 0 Å². The van der Waals surface area contributed by atoms with Gasteiger partial charge in [-0.15, -0.1) is 0 Å². The molecule has 0 spiro atoms. The number of amides is 3. The van der Waals surface area contributed by atoms with E-state index in [4.69, 9.17) is 10.00 Å². The van der Waals surface area contributed by atoms with Crippen molar-refractivity contribution in [2.24, 2.45) is 0 Å². The molecular formula is C19H26N4O3. The predicted octanol–water partition coefficient (Wildman–Crippen LogP) is 2.94. The third kappa shape index (κ3) is 7.43. The molecule has 0 bridgehead atoms. The van der Waals surface area contributed by atoms with Gasteiger partial charge >= 0.3 is 6.03 Å². The lowest BCUT2D eigenvalue weighted by molar-refractivity contribution is -0.116. The Morgan fingerprint density at radius 2 is 1.88 bits per heavy atom. The molecule has 26 heavy (non-hydrogen) atoms. The Bertz CT molecular complexity index is 619. The fraction of sp³-hybridized carbons (Fsp3) is 0.526. The minimum Gasteiger partial charge on any atom is -0.479 e. The Balaban J connectivity index is 1.58. The molecule has 1 saturated carbocycles. The number of ether oxygens (including phenoxy) is 1. The number of urea groups is 1. The van der Waals surface area contributed by atoms with Crippen LogP contribution in [0.15, 0.2) is 24.3 Å². The van der Waals surface area contributed by atoms with Gasteiger partial charge in [-0.05, 0) is 43.5 Å². The number of benzene rings is 1. The first-order valence-electron chi connectivity index (χ1n) is 9.11. The van der Waals surface area contributed by atoms with Crippen molar-refractivity contribution in [1.82, 2.24) is 10.6 Å². The van der Waals surface area contributed by atoms with Crippen molar-refractivity contribution in [3.05, 3.63) is 24.3 Å². The van der Waals surface area contributed by atoms with Crippen molar-refractivity contribution < 1.29 is 14.3 Å². The summed E-state index contributed by atoms with van der Waals surface area (Å²) in [5.74, 6) is 0.475. The Kier molecular flexibility index (Phi) is 8.27. The number of rotatable bonds is 8. The Hall–Kier alpha value is -2.75. The molecule has 1 aliphatic carbocycles. The lowest BCUT2D eigenvalue weighted by Crippen LogP contribution is -2.43. The highest BCUT2D eigenvalue weighted by Gasteiger charge is 2.15. The molecule has 2 rings (SSSR count). The van der Waals surface area contributed by atoms with Crippen LogP contribution in [-0.4, -0.2) is 31.1 Å². The summed E-state index contributed by atoms with van der Waals surface area (Å²) < 4.78 is 5.15. The largest absolute Gasteiger partial charge is 0.479 e. The van der Waals surface area contributed by atoms with Crippen LogP contribution in [0.25, 0.3) is 0 Å². The van der Waals surface area contributed by atoms with Gasteiger partial charge in [-0.3, -0.25) is 4.79 Å². The molecular weight excluding hydrogens is 332 g/mol. The first kappa shape index (κ1) is 19.6. The van der Waals surface area contributed by atoms with Gasteiger partial charge in [0.1, 0.15) is 11.8 Å². The molecule has 0 unspecified atom stereocenters. The van der Waals surface area contributed by atoms with E-state index in [1.807, 2.05) is 6.07 Å². The van der Waals surface area contributed by atoms with E-state index >= 15 is 0 Å². The molecule has 0 aromatic heterocycles. The van der Waals surface area contributed by atoms with Crippen LogP contribution >= 0.6 is 0 Å². The van der Waals surface area contributed by atoms with Crippen LogP contribution in [-0.2, 0) is 4.79 Å². The SMILES string of the molecule is N#CCOc1ccc(NC(=O)CCCNC(=O)NC2CCCCC2)cc1. The first-order valence-corrected chi connectivity index (χ1v) is 9.11. The molecule has 3 N–H and O–H groups in total. The van der Waals surface area contributed by atoms with Gasteiger partial charge in [-0.25, -0.2) is 4.79 Å². The highest BCUT2D eigenvalue weighted by molar-refractivity contribution is 5.90. The van der Waals surface area contributed by atoms with Crippen LogP contribution < -0.4 is 20.7 Å². The Labute approximate surface area is 154 Å². The molecule has 0 heterocycles. The smallest absolute Gasteiger partial charge is 0.315 e. The lowest BCUT2D eigenvalue weighted by atomic mass is 9.96. The highest BCUT2D eigenvalue weighted by Crippen LogP contribution is 2.17. The van der Waals surface area contributed by atoms with E-state index in [0.29, 0.717) is 30.8 Å². The van der Waals surface area contributed by atoms with Crippen LogP contribution in [0, 0.1) is 11.3 Å². The standard InChI is InChI=1S/C19H26N4O3/c20-12-14-26-17-10-8-16(9-11-17)22-18(24)7-4-13-21-19(25)23-15-5-2-1-3-6-15/h8-11,15H,1-7,13-14H2,(H,22,24)(H2,21,23,25). The molecule has 0 aliphatic heterocycles. The van der Waals surface area contributed by atoms with Gasteiger partial charge in [0.2, 0.25) is 5.91 Å². The highest BCUT2D eigenvalue weighted by atomic mass is 16.5. The third-order valence-corrected chi connectivity index (χ3v) is 4.25. The fourth-order valence-electron chi connectivity index (χ4n) is 2.91. The van der Waals surface area contributed by atoms with Crippen molar-refractivity contribution in [2.75, 3.05) is 18.5 Å². The summed E-state index contributed by atoms with van der Waals surface area (Å²) in [5.41, 5.74) is 0.669. The fourth-order valence-corrected chi connectivity index (χ4v) is 2.91. The van der Waals surface area contributed by atoms with Gasteiger partial charge in [0.15, 0.2) is 6.61 Å². The number of carbonyl (C=O) groups is 2. The second-order valence-electron chi connectivity index (χ2n) is 6.36. The molecule has 140 valence electrons. The predicted molar refractivity (Wildman–Crippen MR) is 98.8 cm³/mol. The summed E-state index contributed by atoms with van der Waals surface area (Å²) in [6, 6.07) is 8.87. The molecule has 7 nitrogen and oxygen atoms in total. The van der Waals surface area contributed by atoms with E-state index in [1.165, 1.54) is 19.3 Å². The zero-order valence-corrected chi connectivity index (χ0v) is 14.9. The van der Waals surface area contributed by atoms with Crippen molar-refractivity contribution in [3.63, 3.8) is 0 Å². The molecule has 0 radical (unpaired) electrons. The second kappa shape index (κ2) is 11.0. The summed E-state index contributed by atoms with van der Waals surface area (Å²) in [7, 11) is 0. The first-order chi connectivity index (χ1) is 12.7. The van der Waals surface area contributed by atoms with Crippen LogP contribution in [0.3, 0.4) is 0 Å². The van der Waals surface area contributed by atoms with Gasteiger partial charge in [0, 0.05) is 24.7 Å². The third-order valence-electron chi connectivity index (χ3n) is 4.25. The van der Waals surface area contributed by atoms with Gasteiger partial charge in [-0.1, -0.05) is 19.3 Å². The number of nitrogens with one attached hydrogen (secondary N) is 3. The molecule has 1 aliphatic rings. The number of nitriles is 1. The average molecular weight is 358 g/mol. The maximum Gasteiger partial charge on any atom is 0.315 e. The minimum absolute atomic E-state index is 0.00691. The van der Waals surface area contributed by atoms with E-state index < -0.39 is 0 Å². The van der Waals surface area contributed by atoms with Gasteiger partial charge in [0.25, 0.3) is 0 Å².